The Morgan fingerprint density at radius 2 is 1.50 bits per heavy atom. The van der Waals surface area contributed by atoms with Gasteiger partial charge in [0.2, 0.25) is 10.0 Å². The van der Waals surface area contributed by atoms with Gasteiger partial charge in [0, 0.05) is 20.6 Å². The fourth-order valence-electron chi connectivity index (χ4n) is 3.12. The van der Waals surface area contributed by atoms with E-state index >= 15 is 0 Å². The number of fused-ring (bicyclic) bond motifs is 1. The van der Waals surface area contributed by atoms with Gasteiger partial charge in [0.15, 0.2) is 0 Å². The SMILES string of the molecule is CCn1c(=O)c(=O)n(Cc2ccc(C)cc2)c2cc(S(=O)(=O)N(C)C)ccc21. The van der Waals surface area contributed by atoms with Gasteiger partial charge in [-0.05, 0) is 37.6 Å². The van der Waals surface area contributed by atoms with Crippen LogP contribution in [0, 0.1) is 6.92 Å². The van der Waals surface area contributed by atoms with Crippen molar-refractivity contribution in [3.63, 3.8) is 0 Å². The van der Waals surface area contributed by atoms with E-state index in [-0.39, 0.29) is 11.4 Å². The molecule has 0 aliphatic heterocycles. The summed E-state index contributed by atoms with van der Waals surface area (Å²) in [6, 6.07) is 12.1. The number of hydrogen-bond acceptors (Lipinski definition) is 4. The summed E-state index contributed by atoms with van der Waals surface area (Å²) in [5.74, 6) is 0. The Hall–Kier alpha value is -2.71. The van der Waals surface area contributed by atoms with Crippen LogP contribution in [0.3, 0.4) is 0 Å². The third-order valence-corrected chi connectivity index (χ3v) is 6.57. The van der Waals surface area contributed by atoms with Crippen molar-refractivity contribution in [2.45, 2.75) is 31.8 Å². The molecule has 148 valence electrons. The minimum absolute atomic E-state index is 0.0726. The van der Waals surface area contributed by atoms with Gasteiger partial charge in [-0.15, -0.1) is 0 Å². The maximum Gasteiger partial charge on any atom is 0.317 e. The summed E-state index contributed by atoms with van der Waals surface area (Å²) in [6.07, 6.45) is 0. The van der Waals surface area contributed by atoms with Crippen LogP contribution in [0.25, 0.3) is 11.0 Å². The molecule has 2 aromatic carbocycles. The second-order valence-corrected chi connectivity index (χ2v) is 9.02. The molecule has 0 atom stereocenters. The molecule has 0 unspecified atom stereocenters. The zero-order chi connectivity index (χ0) is 20.6. The summed E-state index contributed by atoms with van der Waals surface area (Å²) in [7, 11) is -0.775. The first-order valence-electron chi connectivity index (χ1n) is 8.92. The average molecular weight is 401 g/mol. The van der Waals surface area contributed by atoms with Crippen LogP contribution in [0.2, 0.25) is 0 Å². The quantitative estimate of drug-likeness (QED) is 0.611. The molecule has 8 heteroatoms. The maximum atomic E-state index is 12.8. The van der Waals surface area contributed by atoms with E-state index in [1.54, 1.807) is 13.0 Å². The Morgan fingerprint density at radius 1 is 0.893 bits per heavy atom. The Kier molecular flexibility index (Phi) is 5.27. The molecule has 0 saturated heterocycles. The van der Waals surface area contributed by atoms with E-state index in [0.717, 1.165) is 15.4 Å². The molecule has 0 radical (unpaired) electrons. The first-order chi connectivity index (χ1) is 13.2. The zero-order valence-electron chi connectivity index (χ0n) is 16.3. The predicted molar refractivity (Wildman–Crippen MR) is 109 cm³/mol. The first-order valence-corrected chi connectivity index (χ1v) is 10.4. The lowest BCUT2D eigenvalue weighted by Gasteiger charge is -2.17. The molecule has 0 amide bonds. The number of rotatable bonds is 5. The monoisotopic (exact) mass is 401 g/mol. The maximum absolute atomic E-state index is 12.8. The molecule has 0 bridgehead atoms. The van der Waals surface area contributed by atoms with Gasteiger partial charge in [-0.2, -0.15) is 0 Å². The Morgan fingerprint density at radius 3 is 2.07 bits per heavy atom. The van der Waals surface area contributed by atoms with Crippen LogP contribution < -0.4 is 11.1 Å². The van der Waals surface area contributed by atoms with Crippen molar-refractivity contribution in [2.24, 2.45) is 0 Å². The topological polar surface area (TPSA) is 81.4 Å². The molecule has 0 aliphatic carbocycles. The highest BCUT2D eigenvalue weighted by Crippen LogP contribution is 2.20. The highest BCUT2D eigenvalue weighted by Gasteiger charge is 2.20. The number of hydrogen-bond donors (Lipinski definition) is 0. The Labute approximate surface area is 163 Å². The van der Waals surface area contributed by atoms with E-state index in [1.165, 1.54) is 35.4 Å². The number of aromatic nitrogens is 2. The summed E-state index contributed by atoms with van der Waals surface area (Å²) < 4.78 is 29.0. The standard InChI is InChI=1S/C20H23N3O4S/c1-5-22-17-11-10-16(28(26,27)21(3)4)12-18(17)23(20(25)19(22)24)13-15-8-6-14(2)7-9-15/h6-12H,5,13H2,1-4H3. The van der Waals surface area contributed by atoms with Crippen LogP contribution in [0.4, 0.5) is 0 Å². The van der Waals surface area contributed by atoms with Crippen molar-refractivity contribution < 1.29 is 8.42 Å². The molecule has 3 aromatic rings. The summed E-state index contributed by atoms with van der Waals surface area (Å²) in [4.78, 5) is 25.4. The van der Waals surface area contributed by atoms with Crippen LogP contribution in [0.5, 0.6) is 0 Å². The highest BCUT2D eigenvalue weighted by atomic mass is 32.2. The van der Waals surface area contributed by atoms with Crippen LogP contribution in [0.1, 0.15) is 18.1 Å². The van der Waals surface area contributed by atoms with Crippen molar-refractivity contribution in [1.29, 1.82) is 0 Å². The predicted octanol–water partition coefficient (Wildman–Crippen LogP) is 1.79. The van der Waals surface area contributed by atoms with Gasteiger partial charge in [-0.3, -0.25) is 14.2 Å². The molecule has 0 aliphatic rings. The largest absolute Gasteiger partial charge is 0.317 e. The molecule has 0 fully saturated rings. The lowest BCUT2D eigenvalue weighted by Crippen LogP contribution is -2.41. The van der Waals surface area contributed by atoms with E-state index in [9.17, 15) is 18.0 Å². The lowest BCUT2D eigenvalue weighted by molar-refractivity contribution is 0.521. The fourth-order valence-corrected chi connectivity index (χ4v) is 4.04. The zero-order valence-corrected chi connectivity index (χ0v) is 17.2. The van der Waals surface area contributed by atoms with Crippen LogP contribution in [0.15, 0.2) is 56.9 Å². The average Bonchev–Trinajstić information content (AvgIpc) is 2.66. The van der Waals surface area contributed by atoms with Crippen molar-refractivity contribution >= 4 is 21.1 Å². The third-order valence-electron chi connectivity index (χ3n) is 4.76. The van der Waals surface area contributed by atoms with E-state index in [4.69, 9.17) is 0 Å². The summed E-state index contributed by atoms with van der Waals surface area (Å²) in [5, 5.41) is 0. The number of benzene rings is 2. The van der Waals surface area contributed by atoms with Crippen molar-refractivity contribution in [3.05, 3.63) is 74.3 Å². The van der Waals surface area contributed by atoms with Crippen LogP contribution in [-0.4, -0.2) is 36.0 Å². The Balaban J connectivity index is 2.34. The van der Waals surface area contributed by atoms with Gasteiger partial charge in [-0.1, -0.05) is 29.8 Å². The Bertz CT molecular complexity index is 1250. The van der Waals surface area contributed by atoms with Gasteiger partial charge < -0.3 is 4.57 Å². The second kappa shape index (κ2) is 7.37. The molecule has 3 rings (SSSR count). The van der Waals surface area contributed by atoms with Crippen molar-refractivity contribution in [3.8, 4) is 0 Å². The molecule has 28 heavy (non-hydrogen) atoms. The van der Waals surface area contributed by atoms with Gasteiger partial charge >= 0.3 is 11.1 Å². The third kappa shape index (κ3) is 3.41. The second-order valence-electron chi connectivity index (χ2n) is 6.86. The minimum Gasteiger partial charge on any atom is -0.302 e. The molecule has 7 nitrogen and oxygen atoms in total. The molecular weight excluding hydrogens is 378 g/mol. The van der Waals surface area contributed by atoms with E-state index < -0.39 is 21.1 Å². The number of aryl methyl sites for hydroxylation is 2. The number of nitrogens with zero attached hydrogens (tertiary/aromatic N) is 3. The molecule has 1 heterocycles. The van der Waals surface area contributed by atoms with Crippen LogP contribution in [-0.2, 0) is 23.1 Å². The van der Waals surface area contributed by atoms with Gasteiger partial charge in [0.1, 0.15) is 0 Å². The molecule has 1 aromatic heterocycles. The molecular formula is C20H23N3O4S. The van der Waals surface area contributed by atoms with Gasteiger partial charge in [0.05, 0.1) is 22.5 Å². The van der Waals surface area contributed by atoms with Crippen molar-refractivity contribution in [1.82, 2.24) is 13.4 Å². The fraction of sp³-hybridized carbons (Fsp3) is 0.300. The molecule has 0 N–H and O–H groups in total. The van der Waals surface area contributed by atoms with Gasteiger partial charge in [-0.25, -0.2) is 12.7 Å². The minimum atomic E-state index is -3.68. The van der Waals surface area contributed by atoms with E-state index in [1.807, 2.05) is 31.2 Å². The van der Waals surface area contributed by atoms with E-state index in [0.29, 0.717) is 17.6 Å². The molecule has 0 saturated carbocycles. The molecule has 0 spiro atoms. The summed E-state index contributed by atoms with van der Waals surface area (Å²) >= 11 is 0. The van der Waals surface area contributed by atoms with Crippen molar-refractivity contribution in [2.75, 3.05) is 14.1 Å². The van der Waals surface area contributed by atoms with Gasteiger partial charge in [0.25, 0.3) is 0 Å². The highest BCUT2D eigenvalue weighted by molar-refractivity contribution is 7.89. The summed E-state index contributed by atoms with van der Waals surface area (Å²) in [5.41, 5.74) is 1.58. The lowest BCUT2D eigenvalue weighted by atomic mass is 10.1. The van der Waals surface area contributed by atoms with Crippen LogP contribution >= 0.6 is 0 Å². The smallest absolute Gasteiger partial charge is 0.302 e. The number of sulfonamides is 1. The van der Waals surface area contributed by atoms with E-state index in [2.05, 4.69) is 0 Å². The normalized spacial score (nSPS) is 12.0. The summed E-state index contributed by atoms with van der Waals surface area (Å²) in [6.45, 7) is 4.23. The first kappa shape index (κ1) is 20.0.